The van der Waals surface area contributed by atoms with Crippen molar-refractivity contribution in [1.82, 2.24) is 10.2 Å². The minimum absolute atomic E-state index is 0.0545. The van der Waals surface area contributed by atoms with Crippen molar-refractivity contribution in [2.75, 3.05) is 6.61 Å². The molecule has 0 amide bonds. The molecule has 7 nitrogen and oxygen atoms in total. The van der Waals surface area contributed by atoms with Gasteiger partial charge in [-0.15, -0.1) is 5.10 Å². The van der Waals surface area contributed by atoms with Crippen molar-refractivity contribution in [3.8, 4) is 0 Å². The predicted octanol–water partition coefficient (Wildman–Crippen LogP) is 1.59. The number of carbonyl (C=O) groups is 2. The molecular weight excluding hydrogens is 260 g/mol. The van der Waals surface area contributed by atoms with E-state index in [1.807, 2.05) is 6.92 Å². The predicted molar refractivity (Wildman–Crippen MR) is 62.4 cm³/mol. The smallest absolute Gasteiger partial charge is 0.396 e. The van der Waals surface area contributed by atoms with E-state index in [0.717, 1.165) is 18.2 Å². The molecule has 1 rings (SSSR count). The van der Waals surface area contributed by atoms with Crippen LogP contribution in [0.25, 0.3) is 0 Å². The molecule has 1 atom stereocenters. The SMILES string of the molecule is CCCC(Sc1nnc(C(=O)OCC)o1)C(=O)O. The van der Waals surface area contributed by atoms with Crippen molar-refractivity contribution >= 4 is 23.7 Å². The highest BCUT2D eigenvalue weighted by molar-refractivity contribution is 8.00. The molecule has 100 valence electrons. The number of hydrogen-bond donors (Lipinski definition) is 1. The van der Waals surface area contributed by atoms with Crippen molar-refractivity contribution in [3.63, 3.8) is 0 Å². The topological polar surface area (TPSA) is 103 Å². The van der Waals surface area contributed by atoms with E-state index in [1.165, 1.54) is 0 Å². The standard InChI is InChI=1S/C10H14N2O5S/c1-3-5-6(8(13)14)18-10-12-11-7(17-10)9(15)16-4-2/h6H,3-5H2,1-2H3,(H,13,14). The first-order chi connectivity index (χ1) is 8.58. The lowest BCUT2D eigenvalue weighted by molar-refractivity contribution is -0.136. The number of aromatic nitrogens is 2. The molecule has 0 aliphatic rings. The Morgan fingerprint density at radius 1 is 1.44 bits per heavy atom. The molecule has 0 saturated heterocycles. The zero-order valence-electron chi connectivity index (χ0n) is 10.1. The largest absolute Gasteiger partial charge is 0.480 e. The van der Waals surface area contributed by atoms with Gasteiger partial charge in [-0.05, 0) is 13.3 Å². The summed E-state index contributed by atoms with van der Waals surface area (Å²) in [7, 11) is 0. The summed E-state index contributed by atoms with van der Waals surface area (Å²) in [4.78, 5) is 22.2. The number of carbonyl (C=O) groups excluding carboxylic acids is 1. The van der Waals surface area contributed by atoms with Crippen LogP contribution in [0.3, 0.4) is 0 Å². The summed E-state index contributed by atoms with van der Waals surface area (Å²) >= 11 is 0.930. The van der Waals surface area contributed by atoms with Gasteiger partial charge in [0.2, 0.25) is 0 Å². The van der Waals surface area contributed by atoms with Gasteiger partial charge in [-0.1, -0.05) is 30.2 Å². The number of ether oxygens (including phenoxy) is 1. The molecule has 0 aliphatic heterocycles. The van der Waals surface area contributed by atoms with Crippen LogP contribution in [-0.2, 0) is 9.53 Å². The van der Waals surface area contributed by atoms with E-state index in [0.29, 0.717) is 6.42 Å². The zero-order valence-corrected chi connectivity index (χ0v) is 10.9. The third-order valence-corrected chi connectivity index (χ3v) is 3.01. The van der Waals surface area contributed by atoms with E-state index in [1.54, 1.807) is 6.92 Å². The van der Waals surface area contributed by atoms with Gasteiger partial charge in [0.1, 0.15) is 5.25 Å². The highest BCUT2D eigenvalue weighted by atomic mass is 32.2. The second kappa shape index (κ2) is 7.00. The van der Waals surface area contributed by atoms with Crippen LogP contribution < -0.4 is 0 Å². The third-order valence-electron chi connectivity index (χ3n) is 1.93. The quantitative estimate of drug-likeness (QED) is 0.590. The number of aliphatic carboxylic acids is 1. The van der Waals surface area contributed by atoms with Gasteiger partial charge in [-0.2, -0.15) is 0 Å². The Balaban J connectivity index is 2.67. The van der Waals surface area contributed by atoms with E-state index in [2.05, 4.69) is 14.9 Å². The molecule has 0 spiro atoms. The molecule has 1 heterocycles. The lowest BCUT2D eigenvalue weighted by Gasteiger charge is -2.06. The van der Waals surface area contributed by atoms with Crippen molar-refractivity contribution < 1.29 is 23.8 Å². The number of rotatable bonds is 7. The minimum atomic E-state index is -0.947. The summed E-state index contributed by atoms with van der Waals surface area (Å²) in [5.41, 5.74) is 0. The first kappa shape index (κ1) is 14.5. The Hall–Kier alpha value is -1.57. The first-order valence-electron chi connectivity index (χ1n) is 5.48. The van der Waals surface area contributed by atoms with E-state index < -0.39 is 17.2 Å². The average Bonchev–Trinajstić information content (AvgIpc) is 2.77. The maximum atomic E-state index is 11.3. The Morgan fingerprint density at radius 2 is 2.17 bits per heavy atom. The number of carboxylic acids is 1. The Labute approximate surface area is 108 Å². The van der Waals surface area contributed by atoms with E-state index in [-0.39, 0.29) is 17.7 Å². The molecule has 0 aliphatic carbocycles. The monoisotopic (exact) mass is 274 g/mol. The van der Waals surface area contributed by atoms with E-state index in [9.17, 15) is 9.59 Å². The van der Waals surface area contributed by atoms with Gasteiger partial charge in [0.25, 0.3) is 5.22 Å². The molecule has 1 aromatic heterocycles. The maximum Gasteiger partial charge on any atom is 0.396 e. The third kappa shape index (κ3) is 4.02. The average molecular weight is 274 g/mol. The lowest BCUT2D eigenvalue weighted by Crippen LogP contribution is -2.15. The highest BCUT2D eigenvalue weighted by Gasteiger charge is 2.23. The van der Waals surface area contributed by atoms with Crippen molar-refractivity contribution in [2.45, 2.75) is 37.2 Å². The molecule has 0 saturated carbocycles. The summed E-state index contributed by atoms with van der Waals surface area (Å²) < 4.78 is 9.71. The van der Waals surface area contributed by atoms with Gasteiger partial charge in [0, 0.05) is 0 Å². The molecule has 0 fully saturated rings. The molecule has 0 aromatic carbocycles. The lowest BCUT2D eigenvalue weighted by atomic mass is 10.2. The van der Waals surface area contributed by atoms with Crippen LogP contribution in [0.4, 0.5) is 0 Å². The molecule has 0 bridgehead atoms. The summed E-state index contributed by atoms with van der Waals surface area (Å²) in [5, 5.41) is 15.5. The summed E-state index contributed by atoms with van der Waals surface area (Å²) in [6, 6.07) is 0. The van der Waals surface area contributed by atoms with Gasteiger partial charge >= 0.3 is 17.8 Å². The Bertz CT molecular complexity index is 420. The normalized spacial score (nSPS) is 12.1. The molecule has 1 N–H and O–H groups in total. The van der Waals surface area contributed by atoms with Crippen LogP contribution in [-0.4, -0.2) is 39.1 Å². The van der Waals surface area contributed by atoms with Crippen molar-refractivity contribution in [1.29, 1.82) is 0 Å². The number of esters is 1. The molecule has 1 unspecified atom stereocenters. The van der Waals surface area contributed by atoms with Crippen LogP contribution in [0.1, 0.15) is 37.4 Å². The van der Waals surface area contributed by atoms with Crippen LogP contribution in [0.2, 0.25) is 0 Å². The van der Waals surface area contributed by atoms with Gasteiger partial charge in [-0.25, -0.2) is 4.79 Å². The number of carboxylic acid groups (broad SMARTS) is 1. The molecule has 8 heteroatoms. The highest BCUT2D eigenvalue weighted by Crippen LogP contribution is 2.25. The van der Waals surface area contributed by atoms with Crippen LogP contribution in [0.5, 0.6) is 0 Å². The number of thioether (sulfide) groups is 1. The maximum absolute atomic E-state index is 11.3. The molecule has 18 heavy (non-hydrogen) atoms. The zero-order chi connectivity index (χ0) is 13.5. The van der Waals surface area contributed by atoms with Gasteiger partial charge < -0.3 is 14.3 Å². The second-order valence-corrected chi connectivity index (χ2v) is 4.48. The number of nitrogens with zero attached hydrogens (tertiary/aromatic N) is 2. The Kier molecular flexibility index (Phi) is 5.63. The fraction of sp³-hybridized carbons (Fsp3) is 0.600. The van der Waals surface area contributed by atoms with Gasteiger partial charge in [-0.3, -0.25) is 4.79 Å². The minimum Gasteiger partial charge on any atom is -0.480 e. The van der Waals surface area contributed by atoms with Crippen LogP contribution in [0.15, 0.2) is 9.64 Å². The number of hydrogen-bond acceptors (Lipinski definition) is 7. The summed E-state index contributed by atoms with van der Waals surface area (Å²) in [6.07, 6.45) is 1.21. The van der Waals surface area contributed by atoms with E-state index >= 15 is 0 Å². The fourth-order valence-electron chi connectivity index (χ4n) is 1.15. The molecule has 1 aromatic rings. The van der Waals surface area contributed by atoms with Gasteiger partial charge in [0.15, 0.2) is 0 Å². The molecule has 0 radical (unpaired) electrons. The first-order valence-corrected chi connectivity index (χ1v) is 6.36. The second-order valence-electron chi connectivity index (χ2n) is 3.33. The Morgan fingerprint density at radius 3 is 2.72 bits per heavy atom. The van der Waals surface area contributed by atoms with Gasteiger partial charge in [0.05, 0.1) is 6.61 Å². The molecular formula is C10H14N2O5S. The fourth-order valence-corrected chi connectivity index (χ4v) is 2.06. The van der Waals surface area contributed by atoms with Crippen molar-refractivity contribution in [3.05, 3.63) is 5.89 Å². The van der Waals surface area contributed by atoms with Crippen LogP contribution in [0, 0.1) is 0 Å². The van der Waals surface area contributed by atoms with Crippen LogP contribution >= 0.6 is 11.8 Å². The summed E-state index contributed by atoms with van der Waals surface area (Å²) in [5.74, 6) is -1.92. The van der Waals surface area contributed by atoms with Crippen molar-refractivity contribution in [2.24, 2.45) is 0 Å². The summed E-state index contributed by atoms with van der Waals surface area (Å²) in [6.45, 7) is 3.75. The van der Waals surface area contributed by atoms with E-state index in [4.69, 9.17) is 9.52 Å².